The van der Waals surface area contributed by atoms with Gasteiger partial charge in [0.15, 0.2) is 5.43 Å². The van der Waals surface area contributed by atoms with E-state index in [1.165, 1.54) is 12.1 Å². The van der Waals surface area contributed by atoms with Crippen molar-refractivity contribution in [2.45, 2.75) is 33.7 Å². The normalized spacial score (nSPS) is 12.3. The molecule has 2 aromatic carbocycles. The zero-order valence-corrected chi connectivity index (χ0v) is 17.9. The van der Waals surface area contributed by atoms with Crippen molar-refractivity contribution in [3.63, 3.8) is 0 Å². The summed E-state index contributed by atoms with van der Waals surface area (Å²) < 4.78 is 19.7. The highest BCUT2D eigenvalue weighted by Crippen LogP contribution is 2.31. The summed E-state index contributed by atoms with van der Waals surface area (Å²) >= 11 is 0. The van der Waals surface area contributed by atoms with E-state index in [-0.39, 0.29) is 16.7 Å². The third kappa shape index (κ3) is 4.28. The van der Waals surface area contributed by atoms with Gasteiger partial charge in [0, 0.05) is 22.4 Å². The highest BCUT2D eigenvalue weighted by atomic mass is 19.1. The smallest absolute Gasteiger partial charge is 0.337 e. The summed E-state index contributed by atoms with van der Waals surface area (Å²) in [5.41, 5.74) is 2.94. The maximum Gasteiger partial charge on any atom is 0.337 e. The standard InChI is InChI=1S/C25H24FNO4/c1-6-7-14(3)23-15(4)22(28)20-11-13(2)10-18(24(20)31-23)16(5)27-21-9-8-17(26)12-19(21)25(29)30/h6-12,16,27H,3H2,1-2,4-5H3,(H,29,30)/b7-6-. The van der Waals surface area contributed by atoms with Gasteiger partial charge in [0.05, 0.1) is 17.0 Å². The summed E-state index contributed by atoms with van der Waals surface area (Å²) in [5.74, 6) is -1.47. The first-order valence-electron chi connectivity index (χ1n) is 9.83. The lowest BCUT2D eigenvalue weighted by Gasteiger charge is -2.20. The maximum absolute atomic E-state index is 13.5. The SMILES string of the molecule is C=C(/C=C\C)c1oc2c(C(C)Nc3ccc(F)cc3C(=O)O)cc(C)cc2c(=O)c1C. The monoisotopic (exact) mass is 421 g/mol. The van der Waals surface area contributed by atoms with Crippen LogP contribution >= 0.6 is 0 Å². The highest BCUT2D eigenvalue weighted by Gasteiger charge is 2.20. The molecule has 0 fully saturated rings. The zero-order valence-electron chi connectivity index (χ0n) is 17.9. The summed E-state index contributed by atoms with van der Waals surface area (Å²) in [5, 5.41) is 13.0. The predicted molar refractivity (Wildman–Crippen MR) is 121 cm³/mol. The third-order valence-electron chi connectivity index (χ3n) is 5.10. The van der Waals surface area contributed by atoms with Gasteiger partial charge in [-0.05, 0) is 57.5 Å². The van der Waals surface area contributed by atoms with Gasteiger partial charge in [0.2, 0.25) is 0 Å². The Hall–Kier alpha value is -3.67. The van der Waals surface area contributed by atoms with Gasteiger partial charge in [0.1, 0.15) is 17.2 Å². The van der Waals surface area contributed by atoms with Gasteiger partial charge >= 0.3 is 5.97 Å². The number of hydrogen-bond donors (Lipinski definition) is 2. The molecule has 0 aliphatic carbocycles. The Morgan fingerprint density at radius 1 is 1.26 bits per heavy atom. The number of nitrogens with one attached hydrogen (secondary N) is 1. The van der Waals surface area contributed by atoms with Crippen LogP contribution in [0.3, 0.4) is 0 Å². The summed E-state index contributed by atoms with van der Waals surface area (Å²) in [4.78, 5) is 24.6. The molecule has 1 heterocycles. The molecule has 1 aromatic heterocycles. The van der Waals surface area contributed by atoms with E-state index in [0.717, 1.165) is 11.6 Å². The molecule has 0 aliphatic heterocycles. The third-order valence-corrected chi connectivity index (χ3v) is 5.10. The van der Waals surface area contributed by atoms with Crippen molar-refractivity contribution in [1.82, 2.24) is 0 Å². The van der Waals surface area contributed by atoms with E-state index in [0.29, 0.717) is 33.4 Å². The van der Waals surface area contributed by atoms with Crippen LogP contribution in [0.5, 0.6) is 0 Å². The van der Waals surface area contributed by atoms with E-state index in [4.69, 9.17) is 4.42 Å². The Labute approximate surface area is 179 Å². The van der Waals surface area contributed by atoms with Crippen molar-refractivity contribution >= 4 is 28.2 Å². The van der Waals surface area contributed by atoms with E-state index < -0.39 is 17.8 Å². The topological polar surface area (TPSA) is 79.5 Å². The largest absolute Gasteiger partial charge is 0.478 e. The Balaban J connectivity index is 2.19. The molecule has 31 heavy (non-hydrogen) atoms. The molecule has 0 aliphatic rings. The zero-order chi connectivity index (χ0) is 22.9. The number of carboxylic acids is 1. The number of allylic oxidation sites excluding steroid dienone is 3. The van der Waals surface area contributed by atoms with Gasteiger partial charge in [-0.3, -0.25) is 4.79 Å². The molecule has 0 amide bonds. The molecular formula is C25H24FNO4. The second-order valence-corrected chi connectivity index (χ2v) is 7.50. The Morgan fingerprint density at radius 2 is 1.97 bits per heavy atom. The molecule has 0 saturated heterocycles. The van der Waals surface area contributed by atoms with Gasteiger partial charge in [-0.25, -0.2) is 9.18 Å². The van der Waals surface area contributed by atoms with E-state index in [9.17, 15) is 19.1 Å². The Bertz CT molecular complexity index is 1290. The van der Waals surface area contributed by atoms with Crippen LogP contribution in [0.25, 0.3) is 16.5 Å². The van der Waals surface area contributed by atoms with Crippen LogP contribution in [-0.2, 0) is 0 Å². The maximum atomic E-state index is 13.5. The average molecular weight is 421 g/mol. The molecule has 0 bridgehead atoms. The molecular weight excluding hydrogens is 397 g/mol. The number of benzene rings is 2. The molecule has 1 unspecified atom stereocenters. The molecule has 0 radical (unpaired) electrons. The highest BCUT2D eigenvalue weighted by molar-refractivity contribution is 5.94. The summed E-state index contributed by atoms with van der Waals surface area (Å²) in [6.45, 7) is 11.2. The van der Waals surface area contributed by atoms with Crippen LogP contribution in [-0.4, -0.2) is 11.1 Å². The number of carbonyl (C=O) groups is 1. The Kier molecular flexibility index (Phi) is 6.11. The fraction of sp³-hybridized carbons (Fsp3) is 0.200. The average Bonchev–Trinajstić information content (AvgIpc) is 2.71. The fourth-order valence-electron chi connectivity index (χ4n) is 3.60. The minimum atomic E-state index is -1.24. The van der Waals surface area contributed by atoms with E-state index in [1.807, 2.05) is 32.9 Å². The number of fused-ring (bicyclic) bond motifs is 1. The molecule has 2 N–H and O–H groups in total. The van der Waals surface area contributed by atoms with Crippen molar-refractivity contribution in [3.05, 3.63) is 93.1 Å². The van der Waals surface area contributed by atoms with Gasteiger partial charge in [-0.2, -0.15) is 0 Å². The molecule has 3 aromatic rings. The van der Waals surface area contributed by atoms with Gasteiger partial charge in [0.25, 0.3) is 0 Å². The number of rotatable bonds is 6. The lowest BCUT2D eigenvalue weighted by atomic mass is 9.98. The number of halogens is 1. The van der Waals surface area contributed by atoms with Crippen molar-refractivity contribution in [1.29, 1.82) is 0 Å². The summed E-state index contributed by atoms with van der Waals surface area (Å²) in [6.07, 6.45) is 3.58. The number of anilines is 1. The first-order valence-corrected chi connectivity index (χ1v) is 9.83. The lowest BCUT2D eigenvalue weighted by molar-refractivity contribution is 0.0697. The van der Waals surface area contributed by atoms with Crippen molar-refractivity contribution in [3.8, 4) is 0 Å². The van der Waals surface area contributed by atoms with Crippen LogP contribution in [0, 0.1) is 19.7 Å². The minimum absolute atomic E-state index is 0.146. The van der Waals surface area contributed by atoms with Crippen LogP contribution < -0.4 is 10.7 Å². The Morgan fingerprint density at radius 3 is 2.61 bits per heavy atom. The molecule has 0 spiro atoms. The second kappa shape index (κ2) is 8.60. The molecule has 3 rings (SSSR count). The second-order valence-electron chi connectivity index (χ2n) is 7.50. The van der Waals surface area contributed by atoms with E-state index in [2.05, 4.69) is 11.9 Å². The number of aryl methyl sites for hydroxylation is 1. The molecule has 5 nitrogen and oxygen atoms in total. The predicted octanol–water partition coefficient (Wildman–Crippen LogP) is 6.01. The molecule has 0 saturated carbocycles. The van der Waals surface area contributed by atoms with Crippen LogP contribution in [0.2, 0.25) is 0 Å². The van der Waals surface area contributed by atoms with Gasteiger partial charge < -0.3 is 14.8 Å². The molecule has 160 valence electrons. The van der Waals surface area contributed by atoms with Gasteiger partial charge in [-0.1, -0.05) is 24.8 Å². The van der Waals surface area contributed by atoms with Crippen LogP contribution in [0.1, 0.15) is 52.7 Å². The van der Waals surface area contributed by atoms with Gasteiger partial charge in [-0.15, -0.1) is 0 Å². The van der Waals surface area contributed by atoms with Crippen LogP contribution in [0.15, 0.2) is 58.3 Å². The van der Waals surface area contributed by atoms with Crippen LogP contribution in [0.4, 0.5) is 10.1 Å². The van der Waals surface area contributed by atoms with E-state index in [1.54, 1.807) is 19.1 Å². The van der Waals surface area contributed by atoms with Crippen molar-refractivity contribution in [2.24, 2.45) is 0 Å². The first-order chi connectivity index (χ1) is 14.6. The lowest BCUT2D eigenvalue weighted by Crippen LogP contribution is -2.14. The molecule has 1 atom stereocenters. The van der Waals surface area contributed by atoms with Crippen molar-refractivity contribution in [2.75, 3.05) is 5.32 Å². The fourth-order valence-corrected chi connectivity index (χ4v) is 3.60. The molecule has 6 heteroatoms. The quantitative estimate of drug-likeness (QED) is 0.477. The summed E-state index contributed by atoms with van der Waals surface area (Å²) in [7, 11) is 0. The first kappa shape index (κ1) is 22.0. The minimum Gasteiger partial charge on any atom is -0.478 e. The number of hydrogen-bond acceptors (Lipinski definition) is 4. The summed E-state index contributed by atoms with van der Waals surface area (Å²) in [6, 6.07) is 6.76. The van der Waals surface area contributed by atoms with Crippen molar-refractivity contribution < 1.29 is 18.7 Å². The van der Waals surface area contributed by atoms with E-state index >= 15 is 0 Å². The number of carboxylic acid groups (broad SMARTS) is 1. The number of aromatic carboxylic acids is 1.